The van der Waals surface area contributed by atoms with Gasteiger partial charge in [0.05, 0.1) is 25.8 Å². The van der Waals surface area contributed by atoms with Crippen molar-refractivity contribution in [2.45, 2.75) is 31.6 Å². The maximum absolute atomic E-state index is 12.5. The third-order valence-electron chi connectivity index (χ3n) is 5.00. The predicted molar refractivity (Wildman–Crippen MR) is 109 cm³/mol. The summed E-state index contributed by atoms with van der Waals surface area (Å²) in [5.41, 5.74) is 1.16. The summed E-state index contributed by atoms with van der Waals surface area (Å²) in [4.78, 5) is 26.6. The number of hydrogen-bond acceptors (Lipinski definition) is 6. The van der Waals surface area contributed by atoms with Gasteiger partial charge in [-0.3, -0.25) is 4.79 Å². The molecule has 0 radical (unpaired) electrons. The van der Waals surface area contributed by atoms with Crippen molar-refractivity contribution in [3.8, 4) is 11.5 Å². The van der Waals surface area contributed by atoms with Crippen LogP contribution in [0.1, 0.15) is 41.5 Å². The third-order valence-corrected chi connectivity index (χ3v) is 6.27. The van der Waals surface area contributed by atoms with Gasteiger partial charge in [-0.15, -0.1) is 0 Å². The Balaban J connectivity index is 2.02. The monoisotopic (exact) mass is 403 g/mol. The van der Waals surface area contributed by atoms with E-state index < -0.39 is 0 Å². The molecule has 1 fully saturated rings. The van der Waals surface area contributed by atoms with Gasteiger partial charge in [0, 0.05) is 36.1 Å². The van der Waals surface area contributed by atoms with E-state index in [0.29, 0.717) is 24.3 Å². The molecular formula is C21H25NO5S. The maximum atomic E-state index is 12.5. The first-order chi connectivity index (χ1) is 13.4. The van der Waals surface area contributed by atoms with Gasteiger partial charge in [-0.05, 0) is 31.5 Å². The molecule has 1 aromatic heterocycles. The van der Waals surface area contributed by atoms with Gasteiger partial charge in [0.2, 0.25) is 5.91 Å². The minimum absolute atomic E-state index is 0.0482. The lowest BCUT2D eigenvalue weighted by Crippen LogP contribution is -2.36. The summed E-state index contributed by atoms with van der Waals surface area (Å²) in [6.07, 6.45) is 0.598. The fourth-order valence-electron chi connectivity index (χ4n) is 3.58. The van der Waals surface area contributed by atoms with Crippen LogP contribution in [0.4, 0.5) is 0 Å². The largest absolute Gasteiger partial charge is 0.497 e. The number of nitrogens with zero attached hydrogens (tertiary/aromatic N) is 1. The van der Waals surface area contributed by atoms with Gasteiger partial charge in [-0.2, -0.15) is 11.8 Å². The first-order valence-corrected chi connectivity index (χ1v) is 10.2. The van der Waals surface area contributed by atoms with Crippen LogP contribution in [0.5, 0.6) is 11.5 Å². The van der Waals surface area contributed by atoms with E-state index in [2.05, 4.69) is 0 Å². The van der Waals surface area contributed by atoms with Gasteiger partial charge in [0.1, 0.15) is 17.3 Å². The van der Waals surface area contributed by atoms with Crippen LogP contribution >= 0.6 is 11.8 Å². The van der Waals surface area contributed by atoms with Crippen LogP contribution < -0.4 is 15.1 Å². The molecule has 1 aliphatic rings. The number of ether oxygens (including phenoxy) is 2. The number of rotatable bonds is 4. The van der Waals surface area contributed by atoms with E-state index in [1.54, 1.807) is 56.9 Å². The number of methoxy groups -OCH3 is 2. The Hall–Kier alpha value is -2.41. The Labute approximate surface area is 168 Å². The number of amides is 1. The molecule has 1 aromatic carbocycles. The molecule has 150 valence electrons. The Morgan fingerprint density at radius 3 is 2.57 bits per heavy atom. The topological polar surface area (TPSA) is 69.0 Å². The molecule has 0 saturated carbocycles. The standard InChI is InChI=1S/C21H25NO5S/c1-13-5-7-16(21(24)27-13)18-12-20(28-10-9-22(18)14(2)23)17-8-6-15(25-3)11-19(17)26-4/h5-8,11,18,20H,9-10,12H2,1-4H3. The molecule has 0 bridgehead atoms. The van der Waals surface area contributed by atoms with Crippen molar-refractivity contribution in [2.75, 3.05) is 26.5 Å². The molecule has 0 spiro atoms. The molecule has 28 heavy (non-hydrogen) atoms. The molecule has 1 saturated heterocycles. The van der Waals surface area contributed by atoms with Crippen molar-refractivity contribution in [1.29, 1.82) is 0 Å². The number of carbonyl (C=O) groups is 1. The highest BCUT2D eigenvalue weighted by Gasteiger charge is 2.33. The van der Waals surface area contributed by atoms with Crippen molar-refractivity contribution < 1.29 is 18.7 Å². The highest BCUT2D eigenvalue weighted by Crippen LogP contribution is 2.45. The van der Waals surface area contributed by atoms with Crippen LogP contribution in [0.2, 0.25) is 0 Å². The van der Waals surface area contributed by atoms with Crippen molar-refractivity contribution in [2.24, 2.45) is 0 Å². The first kappa shape index (κ1) is 20.3. The number of benzene rings is 1. The lowest BCUT2D eigenvalue weighted by molar-refractivity contribution is -0.131. The van der Waals surface area contributed by atoms with Gasteiger partial charge in [-0.1, -0.05) is 6.07 Å². The second kappa shape index (κ2) is 8.73. The summed E-state index contributed by atoms with van der Waals surface area (Å²) in [5.74, 6) is 2.74. The fraction of sp³-hybridized carbons (Fsp3) is 0.429. The van der Waals surface area contributed by atoms with Crippen LogP contribution in [0, 0.1) is 6.92 Å². The zero-order chi connectivity index (χ0) is 20.3. The summed E-state index contributed by atoms with van der Waals surface area (Å²) in [7, 11) is 3.25. The van der Waals surface area contributed by atoms with Gasteiger partial charge in [-0.25, -0.2) is 4.79 Å². The smallest absolute Gasteiger partial charge is 0.341 e. The predicted octanol–water partition coefficient (Wildman–Crippen LogP) is 3.73. The van der Waals surface area contributed by atoms with Crippen molar-refractivity contribution in [3.05, 3.63) is 57.6 Å². The number of hydrogen-bond donors (Lipinski definition) is 0. The van der Waals surface area contributed by atoms with Crippen LogP contribution in [0.3, 0.4) is 0 Å². The van der Waals surface area contributed by atoms with Gasteiger partial charge in [0.25, 0.3) is 0 Å². The summed E-state index contributed by atoms with van der Waals surface area (Å²) >= 11 is 1.76. The molecule has 2 heterocycles. The molecule has 1 amide bonds. The molecule has 2 unspecified atom stereocenters. The Morgan fingerprint density at radius 2 is 1.93 bits per heavy atom. The Bertz CT molecular complexity index is 910. The fourth-order valence-corrected chi connectivity index (χ4v) is 4.86. The zero-order valence-electron chi connectivity index (χ0n) is 16.6. The Kier molecular flexibility index (Phi) is 6.34. The van der Waals surface area contributed by atoms with Crippen LogP contribution in [0.15, 0.2) is 39.5 Å². The van der Waals surface area contributed by atoms with Crippen LogP contribution in [0.25, 0.3) is 0 Å². The third kappa shape index (κ3) is 4.19. The summed E-state index contributed by atoms with van der Waals surface area (Å²) < 4.78 is 16.2. The highest BCUT2D eigenvalue weighted by atomic mass is 32.2. The van der Waals surface area contributed by atoms with Crippen molar-refractivity contribution in [1.82, 2.24) is 4.90 Å². The summed E-state index contributed by atoms with van der Waals surface area (Å²) in [6.45, 7) is 3.86. The van der Waals surface area contributed by atoms with E-state index in [-0.39, 0.29) is 22.8 Å². The number of aryl methyl sites for hydroxylation is 1. The molecule has 6 nitrogen and oxygen atoms in total. The molecule has 2 atom stereocenters. The zero-order valence-corrected chi connectivity index (χ0v) is 17.4. The maximum Gasteiger partial charge on any atom is 0.341 e. The molecule has 0 aliphatic carbocycles. The number of carbonyl (C=O) groups excluding carboxylic acids is 1. The van der Waals surface area contributed by atoms with Crippen LogP contribution in [-0.4, -0.2) is 37.3 Å². The van der Waals surface area contributed by atoms with Crippen molar-refractivity contribution >= 4 is 17.7 Å². The lowest BCUT2D eigenvalue weighted by Gasteiger charge is -2.29. The molecule has 1 aliphatic heterocycles. The summed E-state index contributed by atoms with van der Waals surface area (Å²) in [5, 5.41) is 0.0657. The lowest BCUT2D eigenvalue weighted by atomic mass is 9.97. The molecule has 7 heteroatoms. The van der Waals surface area contributed by atoms with Gasteiger partial charge >= 0.3 is 5.63 Å². The molecule has 3 rings (SSSR count). The minimum Gasteiger partial charge on any atom is -0.497 e. The highest BCUT2D eigenvalue weighted by molar-refractivity contribution is 7.99. The van der Waals surface area contributed by atoms with Gasteiger partial charge < -0.3 is 18.8 Å². The quantitative estimate of drug-likeness (QED) is 0.775. The van der Waals surface area contributed by atoms with E-state index in [9.17, 15) is 9.59 Å². The van der Waals surface area contributed by atoms with Crippen LogP contribution in [-0.2, 0) is 4.79 Å². The Morgan fingerprint density at radius 1 is 1.18 bits per heavy atom. The van der Waals surface area contributed by atoms with Gasteiger partial charge in [0.15, 0.2) is 0 Å². The van der Waals surface area contributed by atoms with E-state index in [4.69, 9.17) is 13.9 Å². The minimum atomic E-state index is -0.386. The van der Waals surface area contributed by atoms with E-state index in [1.807, 2.05) is 18.2 Å². The van der Waals surface area contributed by atoms with E-state index >= 15 is 0 Å². The first-order valence-electron chi connectivity index (χ1n) is 9.16. The molecular weight excluding hydrogens is 378 g/mol. The van der Waals surface area contributed by atoms with E-state index in [0.717, 1.165) is 22.8 Å². The molecule has 2 aromatic rings. The average molecular weight is 404 g/mol. The average Bonchev–Trinajstić information content (AvgIpc) is 2.90. The number of thioether (sulfide) groups is 1. The van der Waals surface area contributed by atoms with Crippen molar-refractivity contribution in [3.63, 3.8) is 0 Å². The SMILES string of the molecule is COc1ccc(C2CC(c3ccc(C)oc3=O)N(C(C)=O)CCS2)c(OC)c1. The second-order valence-corrected chi connectivity index (χ2v) is 8.03. The normalized spacial score (nSPS) is 19.8. The second-order valence-electron chi connectivity index (χ2n) is 6.72. The molecule has 0 N–H and O–H groups in total. The van der Waals surface area contributed by atoms with E-state index in [1.165, 1.54) is 0 Å². The summed E-state index contributed by atoms with van der Waals surface area (Å²) in [6, 6.07) is 8.96.